The van der Waals surface area contributed by atoms with Gasteiger partial charge in [0.1, 0.15) is 0 Å². The van der Waals surface area contributed by atoms with Gasteiger partial charge in [-0.1, -0.05) is 0 Å². The molecule has 5 heteroatoms. The number of hydrogen-bond donors (Lipinski definition) is 1. The molecular weight excluding hydrogens is 307 g/mol. The minimum absolute atomic E-state index is 0.178. The number of rotatable bonds is 3. The Morgan fingerprint density at radius 3 is 2.42 bits per heavy atom. The Balaban J connectivity index is 1.94. The molecule has 0 atom stereocenters. The van der Waals surface area contributed by atoms with Crippen LogP contribution in [0.5, 0.6) is 5.75 Å². The third kappa shape index (κ3) is 4.14. The molecule has 4 nitrogen and oxygen atoms in total. The molecule has 0 aliphatic carbocycles. The fourth-order valence-electron chi connectivity index (χ4n) is 1.40. The van der Waals surface area contributed by atoms with Gasteiger partial charge >= 0.3 is 117 Å². The van der Waals surface area contributed by atoms with E-state index in [1.165, 1.54) is 0 Å². The number of nitriles is 1. The summed E-state index contributed by atoms with van der Waals surface area (Å²) in [6, 6.07) is 16.0. The van der Waals surface area contributed by atoms with Crippen LogP contribution in [0.25, 0.3) is 0 Å². The molecule has 2 aromatic rings. The molecular formula is C14H10N2O2Se. The molecule has 19 heavy (non-hydrogen) atoms. The summed E-state index contributed by atoms with van der Waals surface area (Å²) in [6.45, 7) is 0. The Kier molecular flexibility index (Phi) is 4.57. The molecule has 0 fully saturated rings. The van der Waals surface area contributed by atoms with Crippen LogP contribution in [0.1, 0.15) is 0 Å². The fraction of sp³-hybridized carbons (Fsp3) is 0. The minimum atomic E-state index is -0.537. The van der Waals surface area contributed by atoms with Gasteiger partial charge < -0.3 is 0 Å². The van der Waals surface area contributed by atoms with Crippen LogP contribution in [0.2, 0.25) is 0 Å². The summed E-state index contributed by atoms with van der Waals surface area (Å²) in [5, 5.41) is 11.2. The number of benzene rings is 2. The zero-order valence-corrected chi connectivity index (χ0v) is 11.6. The van der Waals surface area contributed by atoms with Crippen molar-refractivity contribution in [3.63, 3.8) is 0 Å². The van der Waals surface area contributed by atoms with E-state index < -0.39 is 6.09 Å². The van der Waals surface area contributed by atoms with E-state index in [0.717, 1.165) is 4.46 Å². The van der Waals surface area contributed by atoms with Crippen LogP contribution in [0.4, 0.5) is 10.5 Å². The summed E-state index contributed by atoms with van der Waals surface area (Å²) in [5.41, 5.74) is 0.637. The Morgan fingerprint density at radius 1 is 1.11 bits per heavy atom. The Labute approximate surface area is 117 Å². The molecule has 2 rings (SSSR count). The van der Waals surface area contributed by atoms with Crippen LogP contribution in [-0.2, 0) is 0 Å². The summed E-state index contributed by atoms with van der Waals surface area (Å²) >= 11 is -0.178. The van der Waals surface area contributed by atoms with E-state index in [0.29, 0.717) is 11.4 Å². The zero-order valence-electron chi connectivity index (χ0n) is 9.87. The second kappa shape index (κ2) is 6.60. The molecule has 0 bridgehead atoms. The predicted molar refractivity (Wildman–Crippen MR) is 73.5 cm³/mol. The van der Waals surface area contributed by atoms with Gasteiger partial charge in [0.2, 0.25) is 0 Å². The SMILES string of the molecule is N#C[Se]c1ccc(NC(=O)Oc2ccccc2)cc1. The molecule has 1 amide bonds. The summed E-state index contributed by atoms with van der Waals surface area (Å²) < 4.78 is 6.07. The third-order valence-corrected chi connectivity index (χ3v) is 3.48. The first-order valence-corrected chi connectivity index (χ1v) is 7.19. The van der Waals surface area contributed by atoms with E-state index >= 15 is 0 Å². The molecule has 1 N–H and O–H groups in total. The first-order chi connectivity index (χ1) is 9.28. The van der Waals surface area contributed by atoms with Crippen molar-refractivity contribution in [2.45, 2.75) is 0 Å². The number of nitrogens with one attached hydrogen (secondary N) is 1. The molecule has 0 saturated heterocycles. The summed E-state index contributed by atoms with van der Waals surface area (Å²) in [4.78, 5) is 13.7. The summed E-state index contributed by atoms with van der Waals surface area (Å²) in [7, 11) is 0. The monoisotopic (exact) mass is 318 g/mol. The molecule has 0 aromatic heterocycles. The van der Waals surface area contributed by atoms with Gasteiger partial charge in [-0.3, -0.25) is 0 Å². The van der Waals surface area contributed by atoms with Gasteiger partial charge in [-0.25, -0.2) is 0 Å². The van der Waals surface area contributed by atoms with Gasteiger partial charge in [-0.2, -0.15) is 0 Å². The van der Waals surface area contributed by atoms with Gasteiger partial charge in [0.15, 0.2) is 0 Å². The van der Waals surface area contributed by atoms with Crippen LogP contribution < -0.4 is 14.5 Å². The number of hydrogen-bond acceptors (Lipinski definition) is 3. The van der Waals surface area contributed by atoms with Crippen LogP contribution in [0.3, 0.4) is 0 Å². The molecule has 0 aliphatic heterocycles. The van der Waals surface area contributed by atoms with Gasteiger partial charge in [0, 0.05) is 0 Å². The number of carbonyl (C=O) groups excluding carboxylic acids is 1. The average Bonchev–Trinajstić information content (AvgIpc) is 2.42. The van der Waals surface area contributed by atoms with Crippen molar-refractivity contribution in [3.8, 4) is 10.7 Å². The second-order valence-electron chi connectivity index (χ2n) is 3.55. The Morgan fingerprint density at radius 2 is 1.79 bits per heavy atom. The molecule has 0 radical (unpaired) electrons. The molecule has 94 valence electrons. The van der Waals surface area contributed by atoms with Crippen molar-refractivity contribution in [1.29, 1.82) is 5.26 Å². The van der Waals surface area contributed by atoms with E-state index in [9.17, 15) is 4.79 Å². The van der Waals surface area contributed by atoms with Gasteiger partial charge in [-0.15, -0.1) is 0 Å². The second-order valence-corrected chi connectivity index (χ2v) is 5.35. The molecule has 0 aliphatic rings. The summed E-state index contributed by atoms with van der Waals surface area (Å²) in [5.74, 6) is 0.490. The molecule has 0 unspecified atom stereocenters. The standard InChI is InChI=1S/C14H10N2O2Se/c15-10-19-13-8-6-11(7-9-13)16-14(17)18-12-4-2-1-3-5-12/h1-9H,(H,16,17). The van der Waals surface area contributed by atoms with Crippen LogP contribution >= 0.6 is 0 Å². The predicted octanol–water partition coefficient (Wildman–Crippen LogP) is 2.11. The van der Waals surface area contributed by atoms with Crippen LogP contribution in [0.15, 0.2) is 54.6 Å². The number of carbonyl (C=O) groups is 1. The summed E-state index contributed by atoms with van der Waals surface area (Å²) in [6.07, 6.45) is -0.537. The van der Waals surface area contributed by atoms with Crippen molar-refractivity contribution in [3.05, 3.63) is 54.6 Å². The van der Waals surface area contributed by atoms with E-state index in [-0.39, 0.29) is 15.0 Å². The Bertz CT molecular complexity index is 591. The number of ether oxygens (including phenoxy) is 1. The van der Waals surface area contributed by atoms with Gasteiger partial charge in [0.25, 0.3) is 0 Å². The van der Waals surface area contributed by atoms with Crippen molar-refractivity contribution in [2.24, 2.45) is 0 Å². The number of amides is 1. The first kappa shape index (κ1) is 13.2. The molecule has 0 heterocycles. The van der Waals surface area contributed by atoms with Gasteiger partial charge in [-0.05, 0) is 0 Å². The van der Waals surface area contributed by atoms with Crippen molar-refractivity contribution in [1.82, 2.24) is 0 Å². The van der Waals surface area contributed by atoms with E-state index in [2.05, 4.69) is 10.3 Å². The molecule has 0 spiro atoms. The topological polar surface area (TPSA) is 62.1 Å². The number of para-hydroxylation sites is 1. The first-order valence-electron chi connectivity index (χ1n) is 5.48. The number of anilines is 1. The maximum atomic E-state index is 11.6. The van der Waals surface area contributed by atoms with Crippen molar-refractivity contribution < 1.29 is 9.53 Å². The number of nitrogens with zero attached hydrogens (tertiary/aromatic N) is 1. The van der Waals surface area contributed by atoms with E-state index in [1.807, 2.05) is 18.2 Å². The van der Waals surface area contributed by atoms with Gasteiger partial charge in [0.05, 0.1) is 0 Å². The normalized spacial score (nSPS) is 9.42. The zero-order chi connectivity index (χ0) is 13.5. The van der Waals surface area contributed by atoms with E-state index in [4.69, 9.17) is 10.00 Å². The fourth-order valence-corrected chi connectivity index (χ4v) is 2.19. The third-order valence-electron chi connectivity index (χ3n) is 2.22. The van der Waals surface area contributed by atoms with Crippen LogP contribution in [0, 0.1) is 10.2 Å². The molecule has 2 aromatic carbocycles. The quantitative estimate of drug-likeness (QED) is 0.882. The van der Waals surface area contributed by atoms with Crippen molar-refractivity contribution >= 4 is 31.2 Å². The maximum absolute atomic E-state index is 11.6. The average molecular weight is 317 g/mol. The van der Waals surface area contributed by atoms with Crippen LogP contribution in [-0.4, -0.2) is 21.1 Å². The van der Waals surface area contributed by atoms with E-state index in [1.54, 1.807) is 36.4 Å². The Hall–Kier alpha value is -2.28. The van der Waals surface area contributed by atoms with Crippen molar-refractivity contribution in [2.75, 3.05) is 5.32 Å². The molecule has 0 saturated carbocycles.